The summed E-state index contributed by atoms with van der Waals surface area (Å²) in [5.41, 5.74) is -0.869. The van der Waals surface area contributed by atoms with Crippen molar-refractivity contribution in [2.75, 3.05) is 0 Å². The third kappa shape index (κ3) is 1.92. The minimum Gasteiger partial charge on any atom is -0.347 e. The van der Waals surface area contributed by atoms with Gasteiger partial charge in [0.05, 0.1) is 10.2 Å². The molecule has 0 spiro atoms. The average molecular weight is 303 g/mol. The number of hydrogen-bond donors (Lipinski definition) is 1. The Bertz CT molecular complexity index is 350. The molecule has 0 radical (unpaired) electrons. The van der Waals surface area contributed by atoms with E-state index in [1.165, 1.54) is 0 Å². The Morgan fingerprint density at radius 3 is 2.42 bits per heavy atom. The zero-order chi connectivity index (χ0) is 9.30. The number of alkyl halides is 2. The zero-order valence-electron chi connectivity index (χ0n) is 5.57. The van der Waals surface area contributed by atoms with Gasteiger partial charge in [0.15, 0.2) is 5.43 Å². The molecule has 66 valence electrons. The van der Waals surface area contributed by atoms with E-state index >= 15 is 0 Å². The lowest BCUT2D eigenvalue weighted by Gasteiger charge is -2.01. The summed E-state index contributed by atoms with van der Waals surface area (Å²) in [7, 11) is 0. The molecule has 0 saturated heterocycles. The molecule has 0 amide bonds. The molecule has 0 aliphatic heterocycles. The van der Waals surface area contributed by atoms with E-state index < -0.39 is 17.5 Å². The molecule has 2 nitrogen and oxygen atoms in total. The lowest BCUT2D eigenvalue weighted by Crippen LogP contribution is -2.06. The van der Waals surface area contributed by atoms with Gasteiger partial charge in [0.1, 0.15) is 4.60 Å². The summed E-state index contributed by atoms with van der Waals surface area (Å²) < 4.78 is 24.5. The molecule has 0 aromatic carbocycles. The van der Waals surface area contributed by atoms with Crippen molar-refractivity contribution >= 4 is 31.9 Å². The van der Waals surface area contributed by atoms with Gasteiger partial charge in [0.25, 0.3) is 6.43 Å². The van der Waals surface area contributed by atoms with Gasteiger partial charge in [-0.15, -0.1) is 0 Å². The van der Waals surface area contributed by atoms with Gasteiger partial charge in [-0.25, -0.2) is 8.78 Å². The Hall–Kier alpha value is -0.230. The van der Waals surface area contributed by atoms with Crippen molar-refractivity contribution < 1.29 is 8.78 Å². The second-order valence-electron chi connectivity index (χ2n) is 2.02. The fraction of sp³-hybridized carbons (Fsp3) is 0.167. The number of pyridine rings is 1. The molecule has 0 aliphatic carbocycles. The van der Waals surface area contributed by atoms with E-state index in [1.54, 1.807) is 0 Å². The van der Waals surface area contributed by atoms with Gasteiger partial charge in [0.2, 0.25) is 0 Å². The van der Waals surface area contributed by atoms with Gasteiger partial charge in [-0.05, 0) is 31.9 Å². The van der Waals surface area contributed by atoms with Crippen molar-refractivity contribution in [3.05, 3.63) is 31.1 Å². The summed E-state index contributed by atoms with van der Waals surface area (Å²) in [6.07, 6.45) is -2.66. The summed E-state index contributed by atoms with van der Waals surface area (Å²) in [6.45, 7) is 0. The fourth-order valence-electron chi connectivity index (χ4n) is 0.648. The summed E-state index contributed by atoms with van der Waals surface area (Å²) in [5.74, 6) is 0. The Labute approximate surface area is 83.2 Å². The van der Waals surface area contributed by atoms with Crippen LogP contribution in [0.15, 0.2) is 19.9 Å². The highest BCUT2D eigenvalue weighted by Gasteiger charge is 2.11. The van der Waals surface area contributed by atoms with E-state index in [1.807, 2.05) is 0 Å². The van der Waals surface area contributed by atoms with Crippen LogP contribution < -0.4 is 5.43 Å². The number of nitrogens with one attached hydrogen (secondary N) is 1. The van der Waals surface area contributed by atoms with Gasteiger partial charge >= 0.3 is 0 Å². The molecular formula is C6H3Br2F2NO. The monoisotopic (exact) mass is 301 g/mol. The third-order valence-corrected chi connectivity index (χ3v) is 3.10. The summed E-state index contributed by atoms with van der Waals surface area (Å²) in [5, 5.41) is 0. The molecule has 6 heteroatoms. The molecule has 0 bridgehead atoms. The Kier molecular flexibility index (Phi) is 3.00. The highest BCUT2D eigenvalue weighted by atomic mass is 79.9. The van der Waals surface area contributed by atoms with Crippen LogP contribution in [0.4, 0.5) is 8.78 Å². The van der Waals surface area contributed by atoms with Gasteiger partial charge in [-0.3, -0.25) is 4.79 Å². The van der Waals surface area contributed by atoms with E-state index in [9.17, 15) is 13.6 Å². The maximum absolute atomic E-state index is 12.1. The normalized spacial score (nSPS) is 10.8. The van der Waals surface area contributed by atoms with Crippen molar-refractivity contribution in [3.8, 4) is 0 Å². The van der Waals surface area contributed by atoms with E-state index in [2.05, 4.69) is 36.8 Å². The largest absolute Gasteiger partial charge is 0.347 e. The minimum atomic E-state index is -2.66. The summed E-state index contributed by atoms with van der Waals surface area (Å²) in [6, 6.07) is 0.861. The SMILES string of the molecule is O=c1cc(C(F)F)[nH]c(Br)c1Br. The van der Waals surface area contributed by atoms with Crippen molar-refractivity contribution in [1.82, 2.24) is 4.98 Å². The van der Waals surface area contributed by atoms with Crippen LogP contribution in [0, 0.1) is 0 Å². The third-order valence-electron chi connectivity index (χ3n) is 1.18. The number of halogens is 4. The second kappa shape index (κ2) is 3.66. The fourth-order valence-corrected chi connectivity index (χ4v) is 1.29. The standard InChI is InChI=1S/C6H3Br2F2NO/c7-4-3(12)1-2(6(9)10)11-5(4)8/h1,6H,(H,11,12). The first-order valence-corrected chi connectivity index (χ1v) is 4.47. The van der Waals surface area contributed by atoms with E-state index in [0.29, 0.717) is 0 Å². The van der Waals surface area contributed by atoms with Crippen molar-refractivity contribution in [2.24, 2.45) is 0 Å². The first-order chi connectivity index (χ1) is 5.52. The molecule has 12 heavy (non-hydrogen) atoms. The molecule has 1 heterocycles. The number of H-pyrrole nitrogens is 1. The molecule has 1 aromatic rings. The van der Waals surface area contributed by atoms with Gasteiger partial charge in [0, 0.05) is 6.07 Å². The summed E-state index contributed by atoms with van der Waals surface area (Å²) in [4.78, 5) is 13.3. The van der Waals surface area contributed by atoms with Crippen LogP contribution in [-0.4, -0.2) is 4.98 Å². The smallest absolute Gasteiger partial charge is 0.278 e. The second-order valence-corrected chi connectivity index (χ2v) is 3.60. The minimum absolute atomic E-state index is 0.215. The predicted octanol–water partition coefficient (Wildman–Crippen LogP) is 2.84. The van der Waals surface area contributed by atoms with Crippen LogP contribution >= 0.6 is 31.9 Å². The Morgan fingerprint density at radius 1 is 1.42 bits per heavy atom. The van der Waals surface area contributed by atoms with Crippen LogP contribution in [0.2, 0.25) is 0 Å². The molecular weight excluding hydrogens is 300 g/mol. The molecule has 1 rings (SSSR count). The molecule has 0 unspecified atom stereocenters. The molecule has 0 fully saturated rings. The zero-order valence-corrected chi connectivity index (χ0v) is 8.75. The molecule has 0 aliphatic rings. The topological polar surface area (TPSA) is 32.9 Å². The summed E-state index contributed by atoms with van der Waals surface area (Å²) >= 11 is 5.86. The molecule has 0 saturated carbocycles. The van der Waals surface area contributed by atoms with Gasteiger partial charge in [-0.1, -0.05) is 0 Å². The van der Waals surface area contributed by atoms with E-state index in [0.717, 1.165) is 6.07 Å². The lowest BCUT2D eigenvalue weighted by molar-refractivity contribution is 0.145. The number of hydrogen-bond acceptors (Lipinski definition) is 1. The average Bonchev–Trinajstić information content (AvgIpc) is 1.99. The van der Waals surface area contributed by atoms with Crippen LogP contribution in [-0.2, 0) is 0 Å². The molecule has 1 aromatic heterocycles. The maximum atomic E-state index is 12.1. The Balaban J connectivity index is 3.31. The van der Waals surface area contributed by atoms with Crippen LogP contribution in [0.1, 0.15) is 12.1 Å². The highest BCUT2D eigenvalue weighted by Crippen LogP contribution is 2.21. The first-order valence-electron chi connectivity index (χ1n) is 2.88. The van der Waals surface area contributed by atoms with Crippen molar-refractivity contribution in [3.63, 3.8) is 0 Å². The first kappa shape index (κ1) is 9.85. The predicted molar refractivity (Wildman–Crippen MR) is 47.4 cm³/mol. The van der Waals surface area contributed by atoms with E-state index in [-0.39, 0.29) is 9.08 Å². The molecule has 1 N–H and O–H groups in total. The lowest BCUT2D eigenvalue weighted by atomic mass is 10.3. The Morgan fingerprint density at radius 2 is 2.00 bits per heavy atom. The maximum Gasteiger partial charge on any atom is 0.278 e. The number of aromatic nitrogens is 1. The highest BCUT2D eigenvalue weighted by molar-refractivity contribution is 9.13. The van der Waals surface area contributed by atoms with Crippen LogP contribution in [0.3, 0.4) is 0 Å². The van der Waals surface area contributed by atoms with E-state index in [4.69, 9.17) is 0 Å². The van der Waals surface area contributed by atoms with Gasteiger partial charge < -0.3 is 4.98 Å². The van der Waals surface area contributed by atoms with Crippen LogP contribution in [0.25, 0.3) is 0 Å². The van der Waals surface area contributed by atoms with Gasteiger partial charge in [-0.2, -0.15) is 0 Å². The van der Waals surface area contributed by atoms with Crippen LogP contribution in [0.5, 0.6) is 0 Å². The molecule has 0 atom stereocenters. The number of rotatable bonds is 1. The van der Waals surface area contributed by atoms with Crippen molar-refractivity contribution in [2.45, 2.75) is 6.43 Å². The quantitative estimate of drug-likeness (QED) is 0.795. The number of aromatic amines is 1. The van der Waals surface area contributed by atoms with Crippen molar-refractivity contribution in [1.29, 1.82) is 0 Å².